The predicted octanol–water partition coefficient (Wildman–Crippen LogP) is 1.43. The van der Waals surface area contributed by atoms with E-state index in [2.05, 4.69) is 22.5 Å². The number of aromatic nitrogens is 2. The van der Waals surface area contributed by atoms with Gasteiger partial charge in [-0.15, -0.1) is 0 Å². The molecule has 15 nitrogen and oxygen atoms in total. The summed E-state index contributed by atoms with van der Waals surface area (Å²) in [6, 6.07) is 4.92. The number of hydrogen-bond acceptors (Lipinski definition) is 10. The van der Waals surface area contributed by atoms with Crippen molar-refractivity contribution in [3.05, 3.63) is 52.3 Å². The van der Waals surface area contributed by atoms with Gasteiger partial charge in [0.15, 0.2) is 17.9 Å². The number of nitrogens with zero attached hydrogens (tertiary/aromatic N) is 2. The van der Waals surface area contributed by atoms with Crippen molar-refractivity contribution in [1.29, 1.82) is 0 Å². The van der Waals surface area contributed by atoms with Crippen LogP contribution in [0.5, 0.6) is 0 Å². The van der Waals surface area contributed by atoms with E-state index < -0.39 is 65.8 Å². The monoisotopic (exact) mass is 634 g/mol. The maximum atomic E-state index is 14.6. The lowest BCUT2D eigenvalue weighted by Crippen LogP contribution is -2.46. The van der Waals surface area contributed by atoms with Crippen molar-refractivity contribution in [2.75, 3.05) is 10.6 Å². The fraction of sp³-hybridized carbons (Fsp3) is 0.517. The summed E-state index contributed by atoms with van der Waals surface area (Å²) in [7, 11) is 0. The number of anilines is 2. The highest BCUT2D eigenvalue weighted by Crippen LogP contribution is 2.28. The van der Waals surface area contributed by atoms with E-state index in [1.807, 2.05) is 5.32 Å². The van der Waals surface area contributed by atoms with Gasteiger partial charge in [-0.2, -0.15) is 4.98 Å². The maximum Gasteiger partial charge on any atom is 0.413 e. The van der Waals surface area contributed by atoms with Gasteiger partial charge in [0.25, 0.3) is 0 Å². The third-order valence-electron chi connectivity index (χ3n) is 7.03. The fourth-order valence-corrected chi connectivity index (χ4v) is 4.53. The highest BCUT2D eigenvalue weighted by atomic mass is 19.1. The molecule has 1 fully saturated rings. The lowest BCUT2D eigenvalue weighted by Gasteiger charge is -2.18. The summed E-state index contributed by atoms with van der Waals surface area (Å²) in [5.74, 6) is -3.57. The molecule has 246 valence electrons. The SMILES string of the molecule is CCCCCCCC(=O)N[C@H](CC(N)=O)C(=O)Nc1ccc(COC(=O)Nc2nc(=O)n(C3OC(C)C(O)C3O)cc2F)cc1. The molecule has 4 amide bonds. The Balaban J connectivity index is 1.51. The molecule has 0 radical (unpaired) electrons. The van der Waals surface area contributed by atoms with E-state index in [4.69, 9.17) is 15.2 Å². The number of benzene rings is 1. The van der Waals surface area contributed by atoms with Gasteiger partial charge in [0, 0.05) is 12.1 Å². The molecule has 1 aliphatic rings. The highest BCUT2D eigenvalue weighted by molar-refractivity contribution is 5.99. The molecule has 0 bridgehead atoms. The zero-order valence-electron chi connectivity index (χ0n) is 25.0. The van der Waals surface area contributed by atoms with Gasteiger partial charge in [-0.25, -0.2) is 14.0 Å². The van der Waals surface area contributed by atoms with Crippen molar-refractivity contribution >= 4 is 35.3 Å². The Morgan fingerprint density at radius 1 is 1.09 bits per heavy atom. The highest BCUT2D eigenvalue weighted by Gasteiger charge is 2.42. The van der Waals surface area contributed by atoms with Crippen LogP contribution in [0.1, 0.15) is 70.6 Å². The van der Waals surface area contributed by atoms with Gasteiger partial charge in [0.1, 0.15) is 24.9 Å². The number of carbonyl (C=O) groups is 4. The van der Waals surface area contributed by atoms with Crippen LogP contribution >= 0.6 is 0 Å². The number of ether oxygens (including phenoxy) is 2. The van der Waals surface area contributed by atoms with Gasteiger partial charge in [-0.1, -0.05) is 44.7 Å². The van der Waals surface area contributed by atoms with Crippen molar-refractivity contribution in [3.63, 3.8) is 0 Å². The molecule has 2 heterocycles. The van der Waals surface area contributed by atoms with Crippen molar-refractivity contribution in [2.24, 2.45) is 5.73 Å². The van der Waals surface area contributed by atoms with E-state index in [1.54, 1.807) is 0 Å². The molecular weight excluding hydrogens is 595 g/mol. The molecule has 4 unspecified atom stereocenters. The van der Waals surface area contributed by atoms with Crippen molar-refractivity contribution in [1.82, 2.24) is 14.9 Å². The third kappa shape index (κ3) is 10.3. The Bertz CT molecular complexity index is 1400. The topological polar surface area (TPSA) is 224 Å². The van der Waals surface area contributed by atoms with E-state index in [0.717, 1.165) is 25.7 Å². The minimum Gasteiger partial charge on any atom is -0.444 e. The number of nitrogens with one attached hydrogen (secondary N) is 3. The molecule has 3 rings (SSSR count). The molecule has 5 atom stereocenters. The number of aliphatic hydroxyl groups excluding tert-OH is 2. The largest absolute Gasteiger partial charge is 0.444 e. The fourth-order valence-electron chi connectivity index (χ4n) is 4.53. The second-order valence-electron chi connectivity index (χ2n) is 10.7. The second-order valence-corrected chi connectivity index (χ2v) is 10.7. The molecule has 2 aromatic rings. The number of amides is 4. The van der Waals surface area contributed by atoms with Gasteiger partial charge < -0.3 is 36.1 Å². The number of hydrogen-bond donors (Lipinski definition) is 6. The van der Waals surface area contributed by atoms with Gasteiger partial charge >= 0.3 is 11.8 Å². The second kappa shape index (κ2) is 16.6. The predicted molar refractivity (Wildman–Crippen MR) is 158 cm³/mol. The Labute approximate surface area is 258 Å². The third-order valence-corrected chi connectivity index (χ3v) is 7.03. The standard InChI is InChI=1S/C29H39FN6O9/c1-3-4-5-6-7-8-22(38)33-20(13-21(31)37)26(41)32-18-11-9-17(10-12-18)15-44-29(43)35-25-19(30)14-36(28(42)34-25)27-24(40)23(39)16(2)45-27/h9-12,14,16,20,23-24,27,39-40H,3-8,13,15H2,1-2H3,(H2,31,37)(H,32,41)(H,33,38)(H,34,35,42,43)/t16?,20-,23?,24?,27?/m1/s1. The van der Waals surface area contributed by atoms with Crippen LogP contribution in [0.3, 0.4) is 0 Å². The number of halogens is 1. The van der Waals surface area contributed by atoms with Crippen LogP contribution in [0.15, 0.2) is 35.3 Å². The lowest BCUT2D eigenvalue weighted by atomic mass is 10.1. The average molecular weight is 635 g/mol. The number of nitrogens with two attached hydrogens (primary N) is 1. The van der Waals surface area contributed by atoms with Gasteiger partial charge in [0.05, 0.1) is 18.7 Å². The lowest BCUT2D eigenvalue weighted by molar-refractivity contribution is -0.128. The minimum atomic E-state index is -1.49. The molecule has 16 heteroatoms. The van der Waals surface area contributed by atoms with Crippen LogP contribution in [0.4, 0.5) is 20.7 Å². The minimum absolute atomic E-state index is 0.226. The first-order chi connectivity index (χ1) is 21.4. The Morgan fingerprint density at radius 3 is 2.40 bits per heavy atom. The van der Waals surface area contributed by atoms with Crippen LogP contribution in [0, 0.1) is 5.82 Å². The van der Waals surface area contributed by atoms with E-state index in [9.17, 15) is 38.6 Å². The number of carbonyl (C=O) groups excluding carboxylic acids is 4. The summed E-state index contributed by atoms with van der Waals surface area (Å²) in [6.07, 6.45) is -0.805. The number of primary amides is 1. The Hall–Kier alpha value is -4.41. The molecule has 7 N–H and O–H groups in total. The molecule has 0 spiro atoms. The summed E-state index contributed by atoms with van der Waals surface area (Å²) in [5, 5.41) is 27.1. The van der Waals surface area contributed by atoms with Crippen LogP contribution in [0.25, 0.3) is 0 Å². The summed E-state index contributed by atoms with van der Waals surface area (Å²) in [4.78, 5) is 64.6. The van der Waals surface area contributed by atoms with E-state index >= 15 is 0 Å². The maximum absolute atomic E-state index is 14.6. The molecular formula is C29H39FN6O9. The Morgan fingerprint density at radius 2 is 1.78 bits per heavy atom. The van der Waals surface area contributed by atoms with E-state index in [-0.39, 0.29) is 25.4 Å². The quantitative estimate of drug-likeness (QED) is 0.155. The normalized spacial score (nSPS) is 19.8. The van der Waals surface area contributed by atoms with Crippen molar-refractivity contribution < 1.29 is 43.3 Å². The average Bonchev–Trinajstić information content (AvgIpc) is 3.24. The van der Waals surface area contributed by atoms with E-state index in [0.29, 0.717) is 28.4 Å². The van der Waals surface area contributed by atoms with Crippen LogP contribution in [0.2, 0.25) is 0 Å². The number of aliphatic hydroxyl groups is 2. The molecule has 0 saturated carbocycles. The smallest absolute Gasteiger partial charge is 0.413 e. The zero-order chi connectivity index (χ0) is 33.1. The van der Waals surface area contributed by atoms with Crippen LogP contribution < -0.4 is 27.4 Å². The van der Waals surface area contributed by atoms with Gasteiger partial charge in [-0.3, -0.25) is 24.3 Å². The number of rotatable bonds is 15. The van der Waals surface area contributed by atoms with Gasteiger partial charge in [-0.05, 0) is 31.0 Å². The summed E-state index contributed by atoms with van der Waals surface area (Å²) < 4.78 is 25.6. The van der Waals surface area contributed by atoms with Gasteiger partial charge in [0.2, 0.25) is 17.7 Å². The number of unbranched alkanes of at least 4 members (excludes halogenated alkanes) is 4. The zero-order valence-corrected chi connectivity index (χ0v) is 25.0. The molecule has 1 aromatic carbocycles. The van der Waals surface area contributed by atoms with Crippen LogP contribution in [-0.4, -0.2) is 67.9 Å². The van der Waals surface area contributed by atoms with Crippen molar-refractivity contribution in [2.45, 2.75) is 96.0 Å². The first kappa shape index (κ1) is 35.1. The molecule has 1 saturated heterocycles. The summed E-state index contributed by atoms with van der Waals surface area (Å²) in [5.41, 5.74) is 5.03. The van der Waals surface area contributed by atoms with Crippen molar-refractivity contribution in [3.8, 4) is 0 Å². The first-order valence-corrected chi connectivity index (χ1v) is 14.6. The first-order valence-electron chi connectivity index (χ1n) is 14.6. The molecule has 45 heavy (non-hydrogen) atoms. The summed E-state index contributed by atoms with van der Waals surface area (Å²) >= 11 is 0. The van der Waals surface area contributed by atoms with E-state index in [1.165, 1.54) is 31.2 Å². The summed E-state index contributed by atoms with van der Waals surface area (Å²) in [6.45, 7) is 3.29. The molecule has 1 aliphatic heterocycles. The molecule has 1 aromatic heterocycles. The Kier molecular flexibility index (Phi) is 12.9. The molecule has 0 aliphatic carbocycles. The van der Waals surface area contributed by atoms with Crippen LogP contribution in [-0.2, 0) is 30.5 Å².